The van der Waals surface area contributed by atoms with Gasteiger partial charge in [0.1, 0.15) is 6.07 Å². The van der Waals surface area contributed by atoms with E-state index in [-0.39, 0.29) is 0 Å². The molecule has 1 saturated heterocycles. The first kappa shape index (κ1) is 17.2. The summed E-state index contributed by atoms with van der Waals surface area (Å²) >= 11 is 0. The number of hydrogen-bond acceptors (Lipinski definition) is 6. The summed E-state index contributed by atoms with van der Waals surface area (Å²) in [6.07, 6.45) is 1.19. The number of oxazole rings is 1. The molecule has 132 valence electrons. The zero-order valence-corrected chi connectivity index (χ0v) is 15.1. The second kappa shape index (κ2) is 7.06. The second-order valence-corrected chi connectivity index (χ2v) is 6.71. The fraction of sp³-hybridized carbons (Fsp3) is 0.474. The van der Waals surface area contributed by atoms with Crippen LogP contribution in [0.2, 0.25) is 0 Å². The molecule has 1 aromatic carbocycles. The maximum Gasteiger partial charge on any atom is 0.235 e. The third kappa shape index (κ3) is 3.41. The average molecular weight is 341 g/mol. The zero-order valence-electron chi connectivity index (χ0n) is 15.1. The number of piperidine rings is 1. The topological polar surface area (TPSA) is 71.5 Å². The summed E-state index contributed by atoms with van der Waals surface area (Å²) in [5, 5.41) is 9.48. The van der Waals surface area contributed by atoms with Gasteiger partial charge in [-0.25, -0.2) is 0 Å². The van der Waals surface area contributed by atoms with Crippen molar-refractivity contribution in [1.29, 1.82) is 5.26 Å². The molecular formula is C19H23N3O3. The molecule has 0 saturated carbocycles. The Hall–Kier alpha value is -2.68. The second-order valence-electron chi connectivity index (χ2n) is 6.71. The number of nitriles is 1. The Morgan fingerprint density at radius 2 is 1.84 bits per heavy atom. The number of rotatable bonds is 4. The van der Waals surface area contributed by atoms with Crippen LogP contribution in [0.3, 0.4) is 0 Å². The van der Waals surface area contributed by atoms with Crippen LogP contribution in [0.4, 0.5) is 5.88 Å². The average Bonchev–Trinajstić information content (AvgIpc) is 3.04. The van der Waals surface area contributed by atoms with Gasteiger partial charge in [0.25, 0.3) is 0 Å². The molecule has 1 aliphatic heterocycles. The van der Waals surface area contributed by atoms with Gasteiger partial charge in [0.05, 0.1) is 14.2 Å². The number of aromatic nitrogens is 1. The first-order chi connectivity index (χ1) is 12.0. The number of anilines is 1. The van der Waals surface area contributed by atoms with Crippen molar-refractivity contribution in [3.63, 3.8) is 0 Å². The van der Waals surface area contributed by atoms with Crippen LogP contribution in [-0.2, 0) is 0 Å². The maximum atomic E-state index is 9.48. The van der Waals surface area contributed by atoms with Crippen molar-refractivity contribution in [2.75, 3.05) is 32.2 Å². The van der Waals surface area contributed by atoms with Gasteiger partial charge in [0.15, 0.2) is 11.5 Å². The van der Waals surface area contributed by atoms with Crippen LogP contribution < -0.4 is 14.4 Å². The van der Waals surface area contributed by atoms with Crippen molar-refractivity contribution in [2.24, 2.45) is 11.8 Å². The van der Waals surface area contributed by atoms with Gasteiger partial charge in [-0.1, -0.05) is 13.8 Å². The highest BCUT2D eigenvalue weighted by molar-refractivity contribution is 5.63. The van der Waals surface area contributed by atoms with E-state index >= 15 is 0 Å². The van der Waals surface area contributed by atoms with E-state index in [1.54, 1.807) is 26.4 Å². The first-order valence-electron chi connectivity index (χ1n) is 8.44. The molecule has 0 N–H and O–H groups in total. The molecule has 1 fully saturated rings. The zero-order chi connectivity index (χ0) is 18.0. The number of benzene rings is 1. The van der Waals surface area contributed by atoms with E-state index in [1.807, 2.05) is 6.07 Å². The molecule has 1 aromatic heterocycles. The molecule has 6 heteroatoms. The predicted molar refractivity (Wildman–Crippen MR) is 94.9 cm³/mol. The highest BCUT2D eigenvalue weighted by atomic mass is 16.5. The molecule has 0 spiro atoms. The first-order valence-corrected chi connectivity index (χ1v) is 8.44. The van der Waals surface area contributed by atoms with E-state index in [4.69, 9.17) is 13.9 Å². The van der Waals surface area contributed by atoms with Gasteiger partial charge < -0.3 is 18.8 Å². The van der Waals surface area contributed by atoms with Crippen LogP contribution in [-0.4, -0.2) is 32.3 Å². The molecule has 2 atom stereocenters. The Kier molecular flexibility index (Phi) is 4.84. The summed E-state index contributed by atoms with van der Waals surface area (Å²) < 4.78 is 16.6. The van der Waals surface area contributed by atoms with Crippen molar-refractivity contribution >= 4 is 5.88 Å². The summed E-state index contributed by atoms with van der Waals surface area (Å²) in [6, 6.07) is 7.61. The lowest BCUT2D eigenvalue weighted by atomic mass is 9.92. The number of nitrogens with zero attached hydrogens (tertiary/aromatic N) is 3. The Morgan fingerprint density at radius 1 is 1.16 bits per heavy atom. The number of ether oxygens (including phenoxy) is 2. The van der Waals surface area contributed by atoms with E-state index in [9.17, 15) is 5.26 Å². The Bertz CT molecular complexity index is 784. The van der Waals surface area contributed by atoms with Gasteiger partial charge >= 0.3 is 0 Å². The highest BCUT2D eigenvalue weighted by Crippen LogP contribution is 2.36. The van der Waals surface area contributed by atoms with Gasteiger partial charge in [0.2, 0.25) is 17.5 Å². The molecule has 2 aromatic rings. The maximum absolute atomic E-state index is 9.48. The molecule has 0 radical (unpaired) electrons. The molecule has 0 unspecified atom stereocenters. The lowest BCUT2D eigenvalue weighted by Gasteiger charge is -2.34. The summed E-state index contributed by atoms with van der Waals surface area (Å²) in [6.45, 7) is 6.19. The van der Waals surface area contributed by atoms with Crippen molar-refractivity contribution in [3.8, 4) is 29.0 Å². The summed E-state index contributed by atoms with van der Waals surface area (Å²) in [4.78, 5) is 6.52. The van der Waals surface area contributed by atoms with E-state index in [0.29, 0.717) is 40.8 Å². The third-order valence-electron chi connectivity index (χ3n) is 4.50. The molecule has 0 amide bonds. The van der Waals surface area contributed by atoms with Crippen LogP contribution in [0.15, 0.2) is 22.6 Å². The van der Waals surface area contributed by atoms with Crippen LogP contribution in [0.1, 0.15) is 26.0 Å². The van der Waals surface area contributed by atoms with Gasteiger partial charge in [-0.2, -0.15) is 10.2 Å². The van der Waals surface area contributed by atoms with Gasteiger partial charge in [-0.3, -0.25) is 0 Å². The summed E-state index contributed by atoms with van der Waals surface area (Å²) in [5.74, 6) is 3.33. The SMILES string of the molecule is COc1ccc(-c2nc(C#N)c(N3C[C@@H](C)C[C@H](C)C3)o2)cc1OC. The van der Waals surface area contributed by atoms with Crippen LogP contribution in [0.25, 0.3) is 11.5 Å². The lowest BCUT2D eigenvalue weighted by Crippen LogP contribution is -2.38. The van der Waals surface area contributed by atoms with Crippen molar-refractivity contribution in [2.45, 2.75) is 20.3 Å². The standard InChI is InChI=1S/C19H23N3O3/c1-12-7-13(2)11-22(10-12)19-15(9-20)21-18(25-19)14-5-6-16(23-3)17(8-14)24-4/h5-6,8,12-13H,7,10-11H2,1-4H3/t12-,13-/m0/s1. The van der Waals surface area contributed by atoms with E-state index in [2.05, 4.69) is 29.8 Å². The third-order valence-corrected chi connectivity index (χ3v) is 4.50. The van der Waals surface area contributed by atoms with Crippen LogP contribution >= 0.6 is 0 Å². The minimum absolute atomic E-state index is 0.325. The molecule has 0 aliphatic carbocycles. The molecule has 0 bridgehead atoms. The van der Waals surface area contributed by atoms with Gasteiger partial charge in [-0.15, -0.1) is 0 Å². The smallest absolute Gasteiger partial charge is 0.235 e. The van der Waals surface area contributed by atoms with Crippen molar-refractivity contribution in [3.05, 3.63) is 23.9 Å². The molecule has 25 heavy (non-hydrogen) atoms. The van der Waals surface area contributed by atoms with Crippen LogP contribution in [0.5, 0.6) is 11.5 Å². The molecule has 2 heterocycles. The number of hydrogen-bond donors (Lipinski definition) is 0. The quantitative estimate of drug-likeness (QED) is 0.844. The fourth-order valence-electron chi connectivity index (χ4n) is 3.52. The lowest BCUT2D eigenvalue weighted by molar-refractivity contribution is 0.344. The Balaban J connectivity index is 1.97. The molecule has 1 aliphatic rings. The number of methoxy groups -OCH3 is 2. The van der Waals surface area contributed by atoms with E-state index in [0.717, 1.165) is 18.7 Å². The molecule has 6 nitrogen and oxygen atoms in total. The minimum atomic E-state index is 0.325. The van der Waals surface area contributed by atoms with Gasteiger partial charge in [0, 0.05) is 18.7 Å². The molecule has 3 rings (SSSR count). The monoisotopic (exact) mass is 341 g/mol. The van der Waals surface area contributed by atoms with Crippen molar-refractivity contribution in [1.82, 2.24) is 4.98 Å². The Labute approximate surface area is 148 Å². The van der Waals surface area contributed by atoms with Crippen molar-refractivity contribution < 1.29 is 13.9 Å². The minimum Gasteiger partial charge on any atom is -0.493 e. The van der Waals surface area contributed by atoms with Gasteiger partial charge in [-0.05, 0) is 36.5 Å². The van der Waals surface area contributed by atoms with E-state index < -0.39 is 0 Å². The Morgan fingerprint density at radius 3 is 2.44 bits per heavy atom. The fourth-order valence-corrected chi connectivity index (χ4v) is 3.52. The highest BCUT2D eigenvalue weighted by Gasteiger charge is 2.27. The summed E-state index contributed by atoms with van der Waals surface area (Å²) in [7, 11) is 3.17. The largest absolute Gasteiger partial charge is 0.493 e. The molecular weight excluding hydrogens is 318 g/mol. The normalized spacial score (nSPS) is 20.2. The predicted octanol–water partition coefficient (Wildman–Crippen LogP) is 3.71. The van der Waals surface area contributed by atoms with E-state index in [1.165, 1.54) is 6.42 Å². The van der Waals surface area contributed by atoms with Crippen LogP contribution in [0, 0.1) is 23.2 Å². The summed E-state index contributed by atoms with van der Waals surface area (Å²) in [5.41, 5.74) is 1.07.